The van der Waals surface area contributed by atoms with E-state index in [9.17, 15) is 0 Å². The highest BCUT2D eigenvalue weighted by molar-refractivity contribution is 6.28. The first-order chi connectivity index (χ1) is 15.8. The fourth-order valence-corrected chi connectivity index (χ4v) is 3.99. The fourth-order valence-electron chi connectivity index (χ4n) is 3.83. The number of benzene rings is 4. The predicted octanol–water partition coefficient (Wildman–Crippen LogP) is 6.82. The van der Waals surface area contributed by atoms with E-state index in [1.165, 1.54) is 0 Å². The van der Waals surface area contributed by atoms with Crippen LogP contribution in [0.25, 0.3) is 56.1 Å². The third-order valence-electron chi connectivity index (χ3n) is 5.31. The summed E-state index contributed by atoms with van der Waals surface area (Å²) in [6.07, 6.45) is 0. The number of nitrogens with zero attached hydrogens (tertiary/aromatic N) is 4. The maximum atomic E-state index is 6.28. The van der Waals surface area contributed by atoms with Gasteiger partial charge in [-0.1, -0.05) is 72.8 Å². The van der Waals surface area contributed by atoms with Gasteiger partial charge >= 0.3 is 0 Å². The summed E-state index contributed by atoms with van der Waals surface area (Å²) < 4.78 is 6.18. The van der Waals surface area contributed by atoms with E-state index in [0.29, 0.717) is 17.5 Å². The van der Waals surface area contributed by atoms with Gasteiger partial charge < -0.3 is 4.42 Å². The molecule has 32 heavy (non-hydrogen) atoms. The highest BCUT2D eigenvalue weighted by Gasteiger charge is 2.16. The van der Waals surface area contributed by atoms with Crippen LogP contribution in [-0.4, -0.2) is 19.9 Å². The summed E-state index contributed by atoms with van der Waals surface area (Å²) in [6.45, 7) is 0. The Morgan fingerprint density at radius 3 is 2.06 bits per heavy atom. The van der Waals surface area contributed by atoms with Crippen molar-refractivity contribution in [2.45, 2.75) is 0 Å². The normalized spacial score (nSPS) is 11.3. The molecular formula is C26H15ClN4O. The molecule has 152 valence electrons. The standard InChI is InChI=1S/C26H15ClN4O/c27-26-30-23(16-8-3-1-4-9-16)29-24(31-26)20-13-7-12-19-18(20)14-15-21-22(19)32-25(28-21)17-10-5-2-6-11-17/h1-15H. The Hall–Kier alpha value is -4.09. The minimum absolute atomic E-state index is 0.151. The second-order valence-corrected chi connectivity index (χ2v) is 7.66. The van der Waals surface area contributed by atoms with E-state index in [0.717, 1.165) is 38.6 Å². The van der Waals surface area contributed by atoms with Gasteiger partial charge in [0.15, 0.2) is 17.2 Å². The summed E-state index contributed by atoms with van der Waals surface area (Å²) in [5.41, 5.74) is 4.19. The molecule has 0 spiro atoms. The molecule has 0 fully saturated rings. The molecule has 0 aliphatic heterocycles. The molecule has 0 bridgehead atoms. The zero-order valence-corrected chi connectivity index (χ0v) is 17.5. The lowest BCUT2D eigenvalue weighted by atomic mass is 10.0. The number of aromatic nitrogens is 4. The molecule has 5 nitrogen and oxygen atoms in total. The Morgan fingerprint density at radius 2 is 1.28 bits per heavy atom. The monoisotopic (exact) mass is 434 g/mol. The van der Waals surface area contributed by atoms with Crippen LogP contribution in [0, 0.1) is 0 Å². The molecule has 0 aliphatic rings. The third kappa shape index (κ3) is 3.20. The van der Waals surface area contributed by atoms with Crippen molar-refractivity contribution in [3.63, 3.8) is 0 Å². The molecule has 0 atom stereocenters. The summed E-state index contributed by atoms with van der Waals surface area (Å²) in [5.74, 6) is 1.63. The summed E-state index contributed by atoms with van der Waals surface area (Å²) in [6, 6.07) is 29.5. The minimum atomic E-state index is 0.151. The van der Waals surface area contributed by atoms with Crippen LogP contribution in [0.1, 0.15) is 0 Å². The molecule has 4 aromatic carbocycles. The van der Waals surface area contributed by atoms with E-state index in [2.05, 4.69) is 15.0 Å². The van der Waals surface area contributed by atoms with Crippen LogP contribution in [0.5, 0.6) is 0 Å². The Kier molecular flexibility index (Phi) is 4.40. The highest BCUT2D eigenvalue weighted by Crippen LogP contribution is 2.34. The van der Waals surface area contributed by atoms with Gasteiger partial charge in [0.2, 0.25) is 11.2 Å². The molecule has 0 unspecified atom stereocenters. The van der Waals surface area contributed by atoms with Crippen LogP contribution in [0.3, 0.4) is 0 Å². The first-order valence-corrected chi connectivity index (χ1v) is 10.5. The number of oxazole rings is 1. The quantitative estimate of drug-likeness (QED) is 0.305. The van der Waals surface area contributed by atoms with Crippen LogP contribution >= 0.6 is 11.6 Å². The topological polar surface area (TPSA) is 64.7 Å². The number of fused-ring (bicyclic) bond motifs is 3. The van der Waals surface area contributed by atoms with Gasteiger partial charge in [-0.05, 0) is 35.2 Å². The van der Waals surface area contributed by atoms with E-state index < -0.39 is 0 Å². The second-order valence-electron chi connectivity index (χ2n) is 7.32. The Labute approximate surface area is 188 Å². The predicted molar refractivity (Wildman–Crippen MR) is 126 cm³/mol. The lowest BCUT2D eigenvalue weighted by molar-refractivity contribution is 0.623. The minimum Gasteiger partial charge on any atom is -0.435 e. The highest BCUT2D eigenvalue weighted by atomic mass is 35.5. The lowest BCUT2D eigenvalue weighted by Crippen LogP contribution is -1.97. The van der Waals surface area contributed by atoms with Crippen molar-refractivity contribution in [2.24, 2.45) is 0 Å². The van der Waals surface area contributed by atoms with Crippen LogP contribution in [0.2, 0.25) is 5.28 Å². The summed E-state index contributed by atoms with van der Waals surface area (Å²) in [4.78, 5) is 18.1. The van der Waals surface area contributed by atoms with E-state index in [4.69, 9.17) is 21.0 Å². The Morgan fingerprint density at radius 1 is 0.562 bits per heavy atom. The van der Waals surface area contributed by atoms with Gasteiger partial charge in [0.25, 0.3) is 0 Å². The number of hydrogen-bond donors (Lipinski definition) is 0. The number of halogens is 1. The lowest BCUT2D eigenvalue weighted by Gasteiger charge is -2.08. The van der Waals surface area contributed by atoms with Crippen LogP contribution in [0.4, 0.5) is 0 Å². The van der Waals surface area contributed by atoms with Crippen LogP contribution < -0.4 is 0 Å². The fraction of sp³-hybridized carbons (Fsp3) is 0. The Balaban J connectivity index is 1.54. The van der Waals surface area contributed by atoms with E-state index in [-0.39, 0.29) is 5.28 Å². The third-order valence-corrected chi connectivity index (χ3v) is 5.48. The zero-order chi connectivity index (χ0) is 21.5. The molecule has 0 N–H and O–H groups in total. The maximum absolute atomic E-state index is 6.28. The molecule has 0 amide bonds. The average Bonchev–Trinajstić information content (AvgIpc) is 3.29. The number of hydrogen-bond acceptors (Lipinski definition) is 5. The van der Waals surface area contributed by atoms with Gasteiger partial charge in [-0.2, -0.15) is 9.97 Å². The van der Waals surface area contributed by atoms with E-state index in [1.54, 1.807) is 0 Å². The SMILES string of the molecule is Clc1nc(-c2ccccc2)nc(-c2cccc3c2ccc2nc(-c4ccccc4)oc23)n1. The first-order valence-electron chi connectivity index (χ1n) is 10.1. The molecule has 0 saturated carbocycles. The van der Waals surface area contributed by atoms with Crippen molar-refractivity contribution in [1.29, 1.82) is 0 Å². The molecule has 6 heteroatoms. The molecule has 2 heterocycles. The van der Waals surface area contributed by atoms with E-state index in [1.807, 2.05) is 91.0 Å². The van der Waals surface area contributed by atoms with Crippen molar-refractivity contribution < 1.29 is 4.42 Å². The molecular weight excluding hydrogens is 420 g/mol. The van der Waals surface area contributed by atoms with Gasteiger partial charge in [0.1, 0.15) is 5.52 Å². The van der Waals surface area contributed by atoms with Gasteiger partial charge in [-0.15, -0.1) is 0 Å². The van der Waals surface area contributed by atoms with Crippen molar-refractivity contribution in [3.05, 3.63) is 96.3 Å². The van der Waals surface area contributed by atoms with Crippen molar-refractivity contribution in [2.75, 3.05) is 0 Å². The molecule has 0 saturated heterocycles. The first kappa shape index (κ1) is 18.7. The molecule has 2 aromatic heterocycles. The van der Waals surface area contributed by atoms with Crippen LogP contribution in [-0.2, 0) is 0 Å². The van der Waals surface area contributed by atoms with Crippen molar-refractivity contribution >= 4 is 33.5 Å². The largest absolute Gasteiger partial charge is 0.435 e. The second kappa shape index (κ2) is 7.55. The van der Waals surface area contributed by atoms with Crippen LogP contribution in [0.15, 0.2) is 95.4 Å². The average molecular weight is 435 g/mol. The van der Waals surface area contributed by atoms with Crippen molar-refractivity contribution in [1.82, 2.24) is 19.9 Å². The van der Waals surface area contributed by atoms with Gasteiger partial charge in [0, 0.05) is 22.1 Å². The smallest absolute Gasteiger partial charge is 0.227 e. The van der Waals surface area contributed by atoms with E-state index >= 15 is 0 Å². The maximum Gasteiger partial charge on any atom is 0.227 e. The summed E-state index contributed by atoms with van der Waals surface area (Å²) >= 11 is 6.28. The molecule has 6 rings (SSSR count). The summed E-state index contributed by atoms with van der Waals surface area (Å²) in [5, 5.41) is 2.04. The molecule has 0 aliphatic carbocycles. The van der Waals surface area contributed by atoms with Gasteiger partial charge in [-0.25, -0.2) is 9.97 Å². The molecule has 0 radical (unpaired) electrons. The Bertz CT molecular complexity index is 1580. The molecule has 6 aromatic rings. The summed E-state index contributed by atoms with van der Waals surface area (Å²) in [7, 11) is 0. The zero-order valence-electron chi connectivity index (χ0n) is 16.7. The van der Waals surface area contributed by atoms with Gasteiger partial charge in [-0.3, -0.25) is 0 Å². The van der Waals surface area contributed by atoms with Crippen molar-refractivity contribution in [3.8, 4) is 34.2 Å². The number of rotatable bonds is 3. The van der Waals surface area contributed by atoms with Gasteiger partial charge in [0.05, 0.1) is 0 Å².